The van der Waals surface area contributed by atoms with Gasteiger partial charge in [-0.05, 0) is 18.2 Å². The molecule has 0 bridgehead atoms. The fourth-order valence-electron chi connectivity index (χ4n) is 0.918. The van der Waals surface area contributed by atoms with Crippen LogP contribution in [0.25, 0.3) is 0 Å². The smallest absolute Gasteiger partial charge is 0.307 e. The van der Waals surface area contributed by atoms with Gasteiger partial charge in [0.2, 0.25) is 10.0 Å². The van der Waals surface area contributed by atoms with Crippen LogP contribution < -0.4 is 21.7 Å². The zero-order valence-corrected chi connectivity index (χ0v) is 8.41. The van der Waals surface area contributed by atoms with Crippen LogP contribution >= 0.6 is 0 Å². The second-order valence-corrected chi connectivity index (χ2v) is 4.23. The van der Waals surface area contributed by atoms with E-state index in [1.54, 1.807) is 0 Å². The number of primary sulfonamides is 1. The van der Waals surface area contributed by atoms with Gasteiger partial charge in [0.25, 0.3) is 0 Å². The number of anilines is 1. The molecule has 0 heterocycles. The lowest BCUT2D eigenvalue weighted by Gasteiger charge is -2.05. The molecule has 8 heteroatoms. The van der Waals surface area contributed by atoms with E-state index < -0.39 is 16.1 Å². The highest BCUT2D eigenvalue weighted by molar-refractivity contribution is 7.89. The molecule has 2 amide bonds. The molecule has 0 saturated heterocycles. The number of carbonyl (C=O) groups is 1. The zero-order chi connectivity index (χ0) is 11.5. The summed E-state index contributed by atoms with van der Waals surface area (Å²) in [6, 6.07) is 4.85. The van der Waals surface area contributed by atoms with Gasteiger partial charge in [-0.25, -0.2) is 24.2 Å². The number of hydrazine groups is 1. The third-order valence-corrected chi connectivity index (χ3v) is 2.46. The number of amides is 2. The molecule has 0 unspecified atom stereocenters. The Morgan fingerprint density at radius 3 is 2.53 bits per heavy atom. The average molecular weight is 230 g/mol. The summed E-state index contributed by atoms with van der Waals surface area (Å²) in [4.78, 5) is 10.7. The van der Waals surface area contributed by atoms with E-state index >= 15 is 0 Å². The normalized spacial score (nSPS) is 10.8. The first-order chi connectivity index (χ1) is 6.93. The van der Waals surface area contributed by atoms with Gasteiger partial charge in [-0.1, -0.05) is 6.07 Å². The molecular formula is C7H10N4O3S. The zero-order valence-electron chi connectivity index (χ0n) is 7.60. The molecule has 1 aromatic carbocycles. The number of hydrogen-bond donors (Lipinski definition) is 4. The highest BCUT2D eigenvalue weighted by Crippen LogP contribution is 2.13. The molecular weight excluding hydrogens is 220 g/mol. The topological polar surface area (TPSA) is 127 Å². The van der Waals surface area contributed by atoms with Crippen molar-refractivity contribution in [1.82, 2.24) is 5.43 Å². The molecule has 0 aliphatic heterocycles. The Morgan fingerprint density at radius 2 is 2.00 bits per heavy atom. The van der Waals surface area contributed by atoms with Crippen molar-refractivity contribution in [3.05, 3.63) is 24.3 Å². The Morgan fingerprint density at radius 1 is 1.33 bits per heavy atom. The van der Waals surface area contributed by atoms with Crippen molar-refractivity contribution in [3.63, 3.8) is 0 Å². The van der Waals surface area contributed by atoms with Gasteiger partial charge in [0.15, 0.2) is 0 Å². The highest BCUT2D eigenvalue weighted by Gasteiger charge is 2.08. The monoisotopic (exact) mass is 230 g/mol. The van der Waals surface area contributed by atoms with Crippen molar-refractivity contribution in [2.24, 2.45) is 11.0 Å². The van der Waals surface area contributed by atoms with Crippen molar-refractivity contribution in [2.45, 2.75) is 4.90 Å². The second kappa shape index (κ2) is 4.26. The molecule has 6 N–H and O–H groups in total. The fourth-order valence-corrected chi connectivity index (χ4v) is 1.48. The largest absolute Gasteiger partial charge is 0.333 e. The molecule has 1 aromatic rings. The molecule has 15 heavy (non-hydrogen) atoms. The summed E-state index contributed by atoms with van der Waals surface area (Å²) < 4.78 is 21.9. The first-order valence-corrected chi connectivity index (χ1v) is 5.38. The van der Waals surface area contributed by atoms with Crippen LogP contribution in [-0.4, -0.2) is 14.4 Å². The van der Waals surface area contributed by atoms with Gasteiger partial charge in [0.1, 0.15) is 0 Å². The van der Waals surface area contributed by atoms with Crippen molar-refractivity contribution in [2.75, 3.05) is 5.32 Å². The lowest BCUT2D eigenvalue weighted by atomic mass is 10.3. The highest BCUT2D eigenvalue weighted by atomic mass is 32.2. The molecule has 0 aliphatic rings. The van der Waals surface area contributed by atoms with Gasteiger partial charge in [0, 0.05) is 5.69 Å². The number of nitrogens with one attached hydrogen (secondary N) is 2. The van der Waals surface area contributed by atoms with Gasteiger partial charge in [-0.3, -0.25) is 5.43 Å². The van der Waals surface area contributed by atoms with Crippen LogP contribution in [0.5, 0.6) is 0 Å². The quantitative estimate of drug-likeness (QED) is 0.305. The Bertz CT molecular complexity index is 471. The summed E-state index contributed by atoms with van der Waals surface area (Å²) in [6.07, 6.45) is 0. The standard InChI is InChI=1S/C7H10N4O3S/c8-11-7(12)10-5-2-1-3-6(4-5)15(9,13)14/h1-4H,8H2,(H2,9,13,14)(H2,10,11,12). The minimum Gasteiger partial charge on any atom is -0.307 e. The van der Waals surface area contributed by atoms with Crippen LogP contribution in [0.3, 0.4) is 0 Å². The summed E-state index contributed by atoms with van der Waals surface area (Å²) in [5, 5.41) is 7.22. The van der Waals surface area contributed by atoms with E-state index in [0.717, 1.165) is 0 Å². The second-order valence-electron chi connectivity index (χ2n) is 2.67. The Balaban J connectivity index is 2.99. The van der Waals surface area contributed by atoms with Crippen molar-refractivity contribution < 1.29 is 13.2 Å². The molecule has 0 radical (unpaired) electrons. The number of carbonyl (C=O) groups excluding carboxylic acids is 1. The summed E-state index contributed by atoms with van der Waals surface area (Å²) in [5.41, 5.74) is 2.12. The predicted octanol–water partition coefficient (Wildman–Crippen LogP) is -0.671. The van der Waals surface area contributed by atoms with Crippen molar-refractivity contribution in [3.8, 4) is 0 Å². The SMILES string of the molecule is NNC(=O)Nc1cccc(S(N)(=O)=O)c1. The molecule has 0 spiro atoms. The third-order valence-electron chi connectivity index (χ3n) is 1.55. The minimum absolute atomic E-state index is 0.0858. The molecule has 1 rings (SSSR count). The van der Waals surface area contributed by atoms with E-state index in [0.29, 0.717) is 0 Å². The van der Waals surface area contributed by atoms with Crippen molar-refractivity contribution in [1.29, 1.82) is 0 Å². The Labute approximate surface area is 86.5 Å². The molecule has 0 aromatic heterocycles. The van der Waals surface area contributed by atoms with E-state index in [1.807, 2.05) is 5.43 Å². The maximum Gasteiger partial charge on any atom is 0.333 e. The number of benzene rings is 1. The van der Waals surface area contributed by atoms with E-state index in [-0.39, 0.29) is 10.6 Å². The minimum atomic E-state index is -3.77. The molecule has 0 aliphatic carbocycles. The number of sulfonamides is 1. The predicted molar refractivity (Wildman–Crippen MR) is 54.2 cm³/mol. The van der Waals surface area contributed by atoms with Crippen LogP contribution in [0.4, 0.5) is 10.5 Å². The van der Waals surface area contributed by atoms with Crippen LogP contribution in [0.1, 0.15) is 0 Å². The molecule has 7 nitrogen and oxygen atoms in total. The average Bonchev–Trinajstić information content (AvgIpc) is 2.17. The number of hydrogen-bond acceptors (Lipinski definition) is 4. The number of nitrogens with two attached hydrogens (primary N) is 2. The molecule has 0 fully saturated rings. The molecule has 0 saturated carbocycles. The van der Waals surface area contributed by atoms with Gasteiger partial charge in [0.05, 0.1) is 4.90 Å². The maximum atomic E-state index is 11.0. The fraction of sp³-hybridized carbons (Fsp3) is 0. The summed E-state index contributed by atoms with van der Waals surface area (Å²) in [5.74, 6) is 4.84. The van der Waals surface area contributed by atoms with Crippen LogP contribution in [-0.2, 0) is 10.0 Å². The van der Waals surface area contributed by atoms with E-state index in [1.165, 1.54) is 24.3 Å². The van der Waals surface area contributed by atoms with Gasteiger partial charge in [-0.15, -0.1) is 0 Å². The van der Waals surface area contributed by atoms with Crippen molar-refractivity contribution >= 4 is 21.7 Å². The Hall–Kier alpha value is -1.64. The number of rotatable bonds is 2. The first kappa shape index (κ1) is 11.4. The summed E-state index contributed by atoms with van der Waals surface area (Å²) in [7, 11) is -3.77. The molecule has 0 atom stereocenters. The van der Waals surface area contributed by atoms with Crippen LogP contribution in [0.2, 0.25) is 0 Å². The van der Waals surface area contributed by atoms with Gasteiger partial charge in [-0.2, -0.15) is 0 Å². The lowest BCUT2D eigenvalue weighted by molar-refractivity contribution is 0.252. The lowest BCUT2D eigenvalue weighted by Crippen LogP contribution is -2.34. The van der Waals surface area contributed by atoms with E-state index in [4.69, 9.17) is 11.0 Å². The maximum absolute atomic E-state index is 11.0. The molecule has 82 valence electrons. The van der Waals surface area contributed by atoms with Crippen LogP contribution in [0.15, 0.2) is 29.2 Å². The first-order valence-electron chi connectivity index (χ1n) is 3.84. The van der Waals surface area contributed by atoms with E-state index in [2.05, 4.69) is 5.32 Å². The van der Waals surface area contributed by atoms with Gasteiger partial charge >= 0.3 is 6.03 Å². The summed E-state index contributed by atoms with van der Waals surface area (Å²) in [6.45, 7) is 0. The number of urea groups is 1. The summed E-state index contributed by atoms with van der Waals surface area (Å²) >= 11 is 0. The van der Waals surface area contributed by atoms with Crippen LogP contribution in [0, 0.1) is 0 Å². The van der Waals surface area contributed by atoms with E-state index in [9.17, 15) is 13.2 Å². The van der Waals surface area contributed by atoms with Gasteiger partial charge < -0.3 is 5.32 Å². The third kappa shape index (κ3) is 3.20. The Kier molecular flexibility index (Phi) is 3.24.